The van der Waals surface area contributed by atoms with Crippen molar-refractivity contribution >= 4 is 11.6 Å². The molecule has 4 aromatic rings. The first-order valence-corrected chi connectivity index (χ1v) is 11.5. The van der Waals surface area contributed by atoms with Crippen molar-refractivity contribution in [1.82, 2.24) is 15.2 Å². The average Bonchev–Trinajstić information content (AvgIpc) is 3.20. The van der Waals surface area contributed by atoms with Gasteiger partial charge in [-0.1, -0.05) is 74.0 Å². The highest BCUT2D eigenvalue weighted by Gasteiger charge is 2.23. The molecule has 0 unspecified atom stereocenters. The first-order chi connectivity index (χ1) is 17.0. The smallest absolute Gasteiger partial charge is 0.280 e. The maximum Gasteiger partial charge on any atom is 0.280 e. The number of hydrogen-bond acceptors (Lipinski definition) is 3. The Kier molecular flexibility index (Phi) is 7.35. The van der Waals surface area contributed by atoms with Crippen LogP contribution >= 0.6 is 0 Å². The summed E-state index contributed by atoms with van der Waals surface area (Å²) in [5.41, 5.74) is 6.06. The van der Waals surface area contributed by atoms with Crippen molar-refractivity contribution in [3.05, 3.63) is 123 Å². The minimum atomic E-state index is -0.550. The van der Waals surface area contributed by atoms with Gasteiger partial charge < -0.3 is 0 Å². The van der Waals surface area contributed by atoms with Crippen LogP contribution in [0.5, 0.6) is 0 Å². The van der Waals surface area contributed by atoms with Gasteiger partial charge in [-0.2, -0.15) is 5.10 Å². The molecule has 7 heteroatoms. The molecule has 0 bridgehead atoms. The van der Waals surface area contributed by atoms with Gasteiger partial charge in [-0.15, -0.1) is 0 Å². The Morgan fingerprint density at radius 2 is 1.54 bits per heavy atom. The summed E-state index contributed by atoms with van der Waals surface area (Å²) in [4.78, 5) is 26.5. The Balaban J connectivity index is 1.66. The van der Waals surface area contributed by atoms with Crippen LogP contribution in [0.2, 0.25) is 0 Å². The lowest BCUT2D eigenvalue weighted by Gasteiger charge is -2.16. The maximum atomic E-state index is 13.4. The van der Waals surface area contributed by atoms with Gasteiger partial charge in [0, 0.05) is 5.69 Å². The predicted molar refractivity (Wildman–Crippen MR) is 135 cm³/mol. The number of H-pyrrole nitrogens is 1. The van der Waals surface area contributed by atoms with E-state index >= 15 is 0 Å². The fourth-order valence-corrected chi connectivity index (χ4v) is 4.10. The van der Waals surface area contributed by atoms with Gasteiger partial charge in [0.2, 0.25) is 0 Å². The number of carbonyl (C=O) groups is 1. The third-order valence-electron chi connectivity index (χ3n) is 5.77. The molecular formula is C28H27FN4O2. The fourth-order valence-electron chi connectivity index (χ4n) is 4.10. The van der Waals surface area contributed by atoms with Crippen molar-refractivity contribution < 1.29 is 9.18 Å². The van der Waals surface area contributed by atoms with Crippen molar-refractivity contribution in [2.24, 2.45) is 5.10 Å². The molecule has 178 valence electrons. The summed E-state index contributed by atoms with van der Waals surface area (Å²) < 4.78 is 14.7. The van der Waals surface area contributed by atoms with Crippen LogP contribution in [0.25, 0.3) is 5.69 Å². The molecule has 0 radical (unpaired) electrons. The summed E-state index contributed by atoms with van der Waals surface area (Å²) in [6.07, 6.45) is 1.43. The first-order valence-electron chi connectivity index (χ1n) is 11.5. The SMILES string of the molecule is CCCc1[nH]n(-c2ccc(F)cc2)c(=O)c1C(C)=NNC(=O)C(c1ccccc1)c1ccccc1. The first kappa shape index (κ1) is 23.9. The lowest BCUT2D eigenvalue weighted by molar-refractivity contribution is -0.121. The Hall–Kier alpha value is -4.26. The molecule has 2 N–H and O–H groups in total. The molecule has 0 fully saturated rings. The van der Waals surface area contributed by atoms with Gasteiger partial charge >= 0.3 is 0 Å². The molecular weight excluding hydrogens is 443 g/mol. The number of nitrogens with zero attached hydrogens (tertiary/aromatic N) is 2. The van der Waals surface area contributed by atoms with E-state index in [2.05, 4.69) is 15.6 Å². The van der Waals surface area contributed by atoms with Crippen molar-refractivity contribution in [1.29, 1.82) is 0 Å². The van der Waals surface area contributed by atoms with Crippen molar-refractivity contribution in [2.75, 3.05) is 0 Å². The summed E-state index contributed by atoms with van der Waals surface area (Å²) >= 11 is 0. The summed E-state index contributed by atoms with van der Waals surface area (Å²) in [7, 11) is 0. The van der Waals surface area contributed by atoms with Crippen LogP contribution in [0.3, 0.4) is 0 Å². The maximum absolute atomic E-state index is 13.4. The van der Waals surface area contributed by atoms with Crippen LogP contribution in [0.15, 0.2) is 94.8 Å². The normalized spacial score (nSPS) is 11.6. The minimum absolute atomic E-state index is 0.298. The number of halogens is 1. The summed E-state index contributed by atoms with van der Waals surface area (Å²) in [6.45, 7) is 3.70. The molecule has 0 aliphatic heterocycles. The molecule has 4 rings (SSSR count). The van der Waals surface area contributed by atoms with E-state index in [1.807, 2.05) is 67.6 Å². The zero-order valence-electron chi connectivity index (χ0n) is 19.7. The molecule has 1 aromatic heterocycles. The molecule has 1 amide bonds. The van der Waals surface area contributed by atoms with Crippen LogP contribution in [0.1, 0.15) is 48.6 Å². The molecule has 0 saturated heterocycles. The highest BCUT2D eigenvalue weighted by Crippen LogP contribution is 2.24. The molecule has 0 aliphatic rings. The highest BCUT2D eigenvalue weighted by atomic mass is 19.1. The van der Waals surface area contributed by atoms with Crippen molar-refractivity contribution in [2.45, 2.75) is 32.6 Å². The zero-order valence-corrected chi connectivity index (χ0v) is 19.7. The molecule has 6 nitrogen and oxygen atoms in total. The number of carbonyl (C=O) groups excluding carboxylic acids is 1. The standard InChI is InChI=1S/C28H27FN4O2/c1-3-10-24-25(28(35)33(32-24)23-17-15-22(29)16-18-23)19(2)30-31-27(34)26(20-11-6-4-7-12-20)21-13-8-5-9-14-21/h4-9,11-18,26,32H,3,10H2,1-2H3,(H,31,34). The fraction of sp³-hybridized carbons (Fsp3) is 0.179. The Morgan fingerprint density at radius 1 is 0.971 bits per heavy atom. The quantitative estimate of drug-likeness (QED) is 0.283. The number of aryl methyl sites for hydroxylation is 1. The molecule has 1 heterocycles. The molecule has 3 aromatic carbocycles. The van der Waals surface area contributed by atoms with E-state index in [4.69, 9.17) is 0 Å². The van der Waals surface area contributed by atoms with E-state index in [9.17, 15) is 14.0 Å². The number of hydrazone groups is 1. The van der Waals surface area contributed by atoms with E-state index < -0.39 is 5.92 Å². The van der Waals surface area contributed by atoms with E-state index in [0.29, 0.717) is 29.1 Å². The van der Waals surface area contributed by atoms with Crippen molar-refractivity contribution in [3.8, 4) is 5.69 Å². The Morgan fingerprint density at radius 3 is 2.09 bits per heavy atom. The molecule has 0 aliphatic carbocycles. The number of aromatic amines is 1. The largest absolute Gasteiger partial charge is 0.294 e. The van der Waals surface area contributed by atoms with Gasteiger partial charge in [-0.3, -0.25) is 14.7 Å². The number of benzene rings is 3. The molecule has 0 atom stereocenters. The molecule has 0 saturated carbocycles. The van der Waals surface area contributed by atoms with Gasteiger partial charge in [0.05, 0.1) is 22.9 Å². The van der Waals surface area contributed by atoms with E-state index in [0.717, 1.165) is 17.5 Å². The highest BCUT2D eigenvalue weighted by molar-refractivity contribution is 6.00. The topological polar surface area (TPSA) is 79.2 Å². The summed E-state index contributed by atoms with van der Waals surface area (Å²) in [6, 6.07) is 24.7. The van der Waals surface area contributed by atoms with Gasteiger partial charge in [-0.25, -0.2) is 14.5 Å². The summed E-state index contributed by atoms with van der Waals surface area (Å²) in [5, 5.41) is 7.43. The van der Waals surface area contributed by atoms with Crippen LogP contribution < -0.4 is 11.0 Å². The third-order valence-corrected chi connectivity index (χ3v) is 5.77. The number of nitrogens with one attached hydrogen (secondary N) is 2. The van der Waals surface area contributed by atoms with Crippen LogP contribution in [-0.4, -0.2) is 21.4 Å². The second-order valence-corrected chi connectivity index (χ2v) is 8.26. The molecule has 0 spiro atoms. The van der Waals surface area contributed by atoms with E-state index in [-0.39, 0.29) is 17.3 Å². The number of hydrogen-bond donors (Lipinski definition) is 2. The molecule has 35 heavy (non-hydrogen) atoms. The van der Waals surface area contributed by atoms with E-state index in [1.54, 1.807) is 6.92 Å². The van der Waals surface area contributed by atoms with Gasteiger partial charge in [-0.05, 0) is 48.7 Å². The van der Waals surface area contributed by atoms with Crippen LogP contribution in [0.4, 0.5) is 4.39 Å². The third kappa shape index (κ3) is 5.30. The Labute approximate surface area is 203 Å². The number of aromatic nitrogens is 2. The minimum Gasteiger partial charge on any atom is -0.294 e. The van der Waals surface area contributed by atoms with E-state index in [1.165, 1.54) is 28.9 Å². The number of rotatable bonds is 8. The van der Waals surface area contributed by atoms with Gasteiger partial charge in [0.15, 0.2) is 0 Å². The predicted octanol–water partition coefficient (Wildman–Crippen LogP) is 4.93. The number of amides is 1. The van der Waals surface area contributed by atoms with Gasteiger partial charge in [0.1, 0.15) is 5.82 Å². The van der Waals surface area contributed by atoms with Crippen molar-refractivity contribution in [3.63, 3.8) is 0 Å². The second-order valence-electron chi connectivity index (χ2n) is 8.26. The lowest BCUT2D eigenvalue weighted by Crippen LogP contribution is -2.28. The summed E-state index contributed by atoms with van der Waals surface area (Å²) in [5.74, 6) is -1.23. The van der Waals surface area contributed by atoms with Gasteiger partial charge in [0.25, 0.3) is 11.5 Å². The monoisotopic (exact) mass is 470 g/mol. The average molecular weight is 471 g/mol. The Bertz CT molecular complexity index is 1330. The zero-order chi connectivity index (χ0) is 24.8. The lowest BCUT2D eigenvalue weighted by atomic mass is 9.91. The second kappa shape index (κ2) is 10.8. The van der Waals surface area contributed by atoms with Crippen LogP contribution in [0, 0.1) is 5.82 Å². The van der Waals surface area contributed by atoms with Crippen LogP contribution in [-0.2, 0) is 11.2 Å².